The van der Waals surface area contributed by atoms with Crippen molar-refractivity contribution >= 4 is 7.29 Å². The van der Waals surface area contributed by atoms with Crippen LogP contribution < -0.4 is 0 Å². The van der Waals surface area contributed by atoms with Crippen LogP contribution in [0, 0.1) is 6.67 Å². The van der Waals surface area contributed by atoms with E-state index in [1.807, 2.05) is 63.5 Å². The molecule has 18 heavy (non-hydrogen) atoms. The van der Waals surface area contributed by atoms with E-state index in [1.54, 1.807) is 0 Å². The summed E-state index contributed by atoms with van der Waals surface area (Å²) in [6.45, 7) is 19.7. The first-order chi connectivity index (χ1) is 7.91. The Hall–Kier alpha value is -0.430. The minimum Gasteiger partial charge on any atom is -0.343 e. The van der Waals surface area contributed by atoms with Gasteiger partial charge in [-0.25, -0.2) is 0 Å². The fourth-order valence-electron chi connectivity index (χ4n) is 2.42. The highest BCUT2D eigenvalue weighted by molar-refractivity contribution is 7.64. The number of rotatable bonds is 2. The second-order valence-electron chi connectivity index (χ2n) is 7.16. The summed E-state index contributed by atoms with van der Waals surface area (Å²) in [6.07, 6.45) is 3.85. The Morgan fingerprint density at radius 1 is 1.00 bits per heavy atom. The van der Waals surface area contributed by atoms with Gasteiger partial charge >= 0.3 is 0 Å². The number of hydrogen-bond donors (Lipinski definition) is 0. The summed E-state index contributed by atoms with van der Waals surface area (Å²) in [5.41, 5.74) is 0. The minimum absolute atomic E-state index is 0.282. The van der Waals surface area contributed by atoms with E-state index in [9.17, 15) is 4.57 Å². The van der Waals surface area contributed by atoms with Gasteiger partial charge in [-0.05, 0) is 13.8 Å². The fourth-order valence-corrected chi connectivity index (χ4v) is 6.20. The van der Waals surface area contributed by atoms with Gasteiger partial charge in [0.1, 0.15) is 0 Å². The molecule has 0 atom stereocenters. The van der Waals surface area contributed by atoms with Crippen LogP contribution in [0.25, 0.3) is 0 Å². The average Bonchev–Trinajstić information content (AvgIpc) is 2.61. The third-order valence-electron chi connectivity index (χ3n) is 3.26. The van der Waals surface area contributed by atoms with Crippen molar-refractivity contribution in [2.24, 2.45) is 0 Å². The van der Waals surface area contributed by atoms with Crippen molar-refractivity contribution in [3.63, 3.8) is 0 Å². The SMILES string of the molecule is CC(C)N1[C]N(P(=O)(C(C)(C)C)C(C)(C)C)C=C1. The third kappa shape index (κ3) is 2.47. The molecule has 3 nitrogen and oxygen atoms in total. The van der Waals surface area contributed by atoms with Crippen molar-refractivity contribution in [1.29, 1.82) is 0 Å². The van der Waals surface area contributed by atoms with Gasteiger partial charge < -0.3 is 4.90 Å². The first-order valence-corrected chi connectivity index (χ1v) is 8.20. The van der Waals surface area contributed by atoms with Crippen LogP contribution in [-0.2, 0) is 4.57 Å². The predicted octanol–water partition coefficient (Wildman–Crippen LogP) is 4.35. The molecular weight excluding hydrogens is 243 g/mol. The molecule has 1 rings (SSSR count). The second kappa shape index (κ2) is 4.59. The maximum atomic E-state index is 13.6. The zero-order chi connectivity index (χ0) is 14.4. The standard InChI is InChI=1S/C14H27N2OP/c1-12(2)15-9-10-16(11-15)18(17,13(3,4)5)14(6,7)8/h9-10,12H,1-8H3. The van der Waals surface area contributed by atoms with Crippen LogP contribution in [0.15, 0.2) is 12.4 Å². The fraction of sp³-hybridized carbons (Fsp3) is 0.786. The van der Waals surface area contributed by atoms with E-state index >= 15 is 0 Å². The van der Waals surface area contributed by atoms with E-state index in [0.29, 0.717) is 6.04 Å². The Morgan fingerprint density at radius 3 is 1.72 bits per heavy atom. The van der Waals surface area contributed by atoms with E-state index in [4.69, 9.17) is 0 Å². The highest BCUT2D eigenvalue weighted by atomic mass is 31.2. The number of hydrogen-bond acceptors (Lipinski definition) is 2. The molecule has 0 spiro atoms. The van der Waals surface area contributed by atoms with Crippen molar-refractivity contribution in [3.05, 3.63) is 19.1 Å². The van der Waals surface area contributed by atoms with Crippen LogP contribution >= 0.6 is 7.29 Å². The molecule has 0 N–H and O–H groups in total. The predicted molar refractivity (Wildman–Crippen MR) is 78.3 cm³/mol. The second-order valence-corrected chi connectivity index (χ2v) is 11.4. The summed E-state index contributed by atoms with van der Waals surface area (Å²) in [5, 5.41) is -0.564. The van der Waals surface area contributed by atoms with Crippen LogP contribution in [0.1, 0.15) is 55.4 Å². The molecule has 0 amide bonds. The molecule has 0 aromatic heterocycles. The van der Waals surface area contributed by atoms with E-state index in [0.717, 1.165) is 0 Å². The van der Waals surface area contributed by atoms with Gasteiger partial charge in [0.15, 0.2) is 7.29 Å². The zero-order valence-corrected chi connectivity index (χ0v) is 13.9. The largest absolute Gasteiger partial charge is 0.343 e. The maximum absolute atomic E-state index is 13.6. The lowest BCUT2D eigenvalue weighted by Crippen LogP contribution is -2.37. The van der Waals surface area contributed by atoms with Gasteiger partial charge in [-0.15, -0.1) is 0 Å². The van der Waals surface area contributed by atoms with Crippen LogP contribution in [0.3, 0.4) is 0 Å². The molecule has 2 radical (unpaired) electrons. The lowest BCUT2D eigenvalue weighted by molar-refractivity contribution is 0.340. The third-order valence-corrected chi connectivity index (χ3v) is 7.73. The Kier molecular flexibility index (Phi) is 3.99. The van der Waals surface area contributed by atoms with Crippen LogP contribution in [0.2, 0.25) is 0 Å². The van der Waals surface area contributed by atoms with Gasteiger partial charge in [0, 0.05) is 28.8 Å². The summed E-state index contributed by atoms with van der Waals surface area (Å²) in [7, 11) is -2.62. The monoisotopic (exact) mass is 270 g/mol. The Balaban J connectivity index is 3.12. The zero-order valence-electron chi connectivity index (χ0n) is 13.0. The maximum Gasteiger partial charge on any atom is 0.214 e. The normalized spacial score (nSPS) is 18.1. The van der Waals surface area contributed by atoms with Crippen molar-refractivity contribution in [1.82, 2.24) is 9.57 Å². The number of nitrogens with zero attached hydrogens (tertiary/aromatic N) is 2. The molecular formula is C14H27N2OP. The molecule has 1 aliphatic rings. The van der Waals surface area contributed by atoms with Crippen LogP contribution in [0.4, 0.5) is 0 Å². The molecule has 104 valence electrons. The molecule has 0 saturated carbocycles. The van der Waals surface area contributed by atoms with Crippen molar-refractivity contribution < 1.29 is 4.57 Å². The van der Waals surface area contributed by atoms with Crippen LogP contribution in [0.5, 0.6) is 0 Å². The topological polar surface area (TPSA) is 23.6 Å². The Labute approximate surface area is 113 Å². The van der Waals surface area contributed by atoms with Gasteiger partial charge in [-0.3, -0.25) is 9.24 Å². The highest BCUT2D eigenvalue weighted by Gasteiger charge is 2.51. The first kappa shape index (κ1) is 15.6. The summed E-state index contributed by atoms with van der Waals surface area (Å²) in [6, 6.07) is 0.333. The molecule has 0 saturated heterocycles. The molecule has 1 heterocycles. The quantitative estimate of drug-likeness (QED) is 0.697. The molecule has 0 aromatic rings. The summed E-state index contributed by atoms with van der Waals surface area (Å²) < 4.78 is 15.4. The van der Waals surface area contributed by atoms with E-state index in [1.165, 1.54) is 0 Å². The Morgan fingerprint density at radius 2 is 1.44 bits per heavy atom. The van der Waals surface area contributed by atoms with Gasteiger partial charge in [-0.2, -0.15) is 0 Å². The minimum atomic E-state index is -2.62. The molecule has 0 aliphatic carbocycles. The van der Waals surface area contributed by atoms with Crippen LogP contribution in [-0.4, -0.2) is 25.9 Å². The first-order valence-electron chi connectivity index (χ1n) is 6.54. The van der Waals surface area contributed by atoms with Gasteiger partial charge in [0.25, 0.3) is 0 Å². The summed E-state index contributed by atoms with van der Waals surface area (Å²) in [5.74, 6) is 0. The van der Waals surface area contributed by atoms with Crippen molar-refractivity contribution in [2.75, 3.05) is 0 Å². The van der Waals surface area contributed by atoms with Crippen molar-refractivity contribution in [2.45, 2.75) is 71.7 Å². The summed E-state index contributed by atoms with van der Waals surface area (Å²) in [4.78, 5) is 1.98. The molecule has 0 aromatic carbocycles. The average molecular weight is 270 g/mol. The Bertz CT molecular complexity index is 356. The molecule has 0 fully saturated rings. The lowest BCUT2D eigenvalue weighted by atomic mass is 10.2. The van der Waals surface area contributed by atoms with Crippen molar-refractivity contribution in [3.8, 4) is 0 Å². The summed E-state index contributed by atoms with van der Waals surface area (Å²) >= 11 is 0. The molecule has 4 heteroatoms. The van der Waals surface area contributed by atoms with Gasteiger partial charge in [0.05, 0.1) is 0 Å². The van der Waals surface area contributed by atoms with E-state index < -0.39 is 7.29 Å². The molecule has 0 bridgehead atoms. The molecule has 1 aliphatic heterocycles. The highest BCUT2D eigenvalue weighted by Crippen LogP contribution is 2.70. The molecule has 0 unspecified atom stereocenters. The van der Waals surface area contributed by atoms with E-state index in [2.05, 4.69) is 20.5 Å². The lowest BCUT2D eigenvalue weighted by Gasteiger charge is -2.45. The van der Waals surface area contributed by atoms with E-state index in [-0.39, 0.29) is 10.3 Å². The van der Waals surface area contributed by atoms with Gasteiger partial charge in [0.2, 0.25) is 6.67 Å². The van der Waals surface area contributed by atoms with Gasteiger partial charge in [-0.1, -0.05) is 41.5 Å². The smallest absolute Gasteiger partial charge is 0.214 e.